The van der Waals surface area contributed by atoms with E-state index in [0.29, 0.717) is 24.4 Å². The molecule has 0 aliphatic carbocycles. The number of rotatable bonds is 3. The lowest BCUT2D eigenvalue weighted by Crippen LogP contribution is -2.51. The second-order valence-electron chi connectivity index (χ2n) is 7.25. The molecule has 1 N–H and O–H groups in total. The first kappa shape index (κ1) is 20.5. The highest BCUT2D eigenvalue weighted by Crippen LogP contribution is 2.23. The van der Waals surface area contributed by atoms with Gasteiger partial charge in [-0.25, -0.2) is 14.4 Å². The predicted molar refractivity (Wildman–Crippen MR) is 98.7 cm³/mol. The lowest BCUT2D eigenvalue weighted by molar-refractivity contribution is -0.141. The van der Waals surface area contributed by atoms with Crippen LogP contribution in [0.15, 0.2) is 24.3 Å². The Labute approximate surface area is 158 Å². The molecule has 1 fully saturated rings. The van der Waals surface area contributed by atoms with Crippen molar-refractivity contribution in [1.82, 2.24) is 4.90 Å². The normalized spacial score (nSPS) is 17.0. The number of anilines is 1. The molecule has 8 heteroatoms. The summed E-state index contributed by atoms with van der Waals surface area (Å²) in [6.07, 6.45) is 1.08. The standard InChI is InChI=1S/C19H26N2O6/c1-19(2,3)27-18(24)21-12-6-5-7-15(21)16(22)26-14-10-8-13(9-11-14)20-17(23)25-4/h8-11,15H,5-7,12H2,1-4H3,(H,20,23). The van der Waals surface area contributed by atoms with Crippen molar-refractivity contribution >= 4 is 23.8 Å². The fraction of sp³-hybridized carbons (Fsp3) is 0.526. The summed E-state index contributed by atoms with van der Waals surface area (Å²) in [6, 6.07) is 5.62. The van der Waals surface area contributed by atoms with Crippen LogP contribution in [0.1, 0.15) is 40.0 Å². The second kappa shape index (κ2) is 8.75. The van der Waals surface area contributed by atoms with Gasteiger partial charge in [-0.05, 0) is 64.3 Å². The Bertz CT molecular complexity index is 680. The van der Waals surface area contributed by atoms with Gasteiger partial charge >= 0.3 is 18.2 Å². The number of ether oxygens (including phenoxy) is 3. The molecule has 148 valence electrons. The summed E-state index contributed by atoms with van der Waals surface area (Å²) in [5.74, 6) is -0.181. The minimum atomic E-state index is -0.679. The molecule has 0 bridgehead atoms. The second-order valence-corrected chi connectivity index (χ2v) is 7.25. The highest BCUT2D eigenvalue weighted by molar-refractivity contribution is 5.85. The van der Waals surface area contributed by atoms with Gasteiger partial charge in [0, 0.05) is 12.2 Å². The number of methoxy groups -OCH3 is 1. The van der Waals surface area contributed by atoms with Gasteiger partial charge in [0.05, 0.1) is 7.11 Å². The van der Waals surface area contributed by atoms with E-state index < -0.39 is 29.8 Å². The van der Waals surface area contributed by atoms with Crippen molar-refractivity contribution in [1.29, 1.82) is 0 Å². The van der Waals surface area contributed by atoms with Crippen molar-refractivity contribution in [3.63, 3.8) is 0 Å². The van der Waals surface area contributed by atoms with Gasteiger partial charge < -0.3 is 14.2 Å². The molecule has 1 aliphatic heterocycles. The zero-order valence-electron chi connectivity index (χ0n) is 16.1. The average Bonchev–Trinajstić information content (AvgIpc) is 2.61. The fourth-order valence-corrected chi connectivity index (χ4v) is 2.68. The Balaban J connectivity index is 2.02. The fourth-order valence-electron chi connectivity index (χ4n) is 2.68. The van der Waals surface area contributed by atoms with Gasteiger partial charge in [0.15, 0.2) is 0 Å². The van der Waals surface area contributed by atoms with Gasteiger partial charge in [-0.1, -0.05) is 0 Å². The molecule has 0 radical (unpaired) electrons. The molecular formula is C19H26N2O6. The first-order valence-corrected chi connectivity index (χ1v) is 8.86. The number of carbonyl (C=O) groups is 3. The van der Waals surface area contributed by atoms with E-state index in [1.54, 1.807) is 45.0 Å². The Hall–Kier alpha value is -2.77. The predicted octanol–water partition coefficient (Wildman–Crippen LogP) is 3.56. The first-order valence-electron chi connectivity index (χ1n) is 8.86. The maximum atomic E-state index is 12.6. The van der Waals surface area contributed by atoms with Crippen LogP contribution in [0, 0.1) is 0 Å². The van der Waals surface area contributed by atoms with Gasteiger partial charge in [0.1, 0.15) is 17.4 Å². The van der Waals surface area contributed by atoms with E-state index in [0.717, 1.165) is 12.8 Å². The zero-order chi connectivity index (χ0) is 20.0. The maximum absolute atomic E-state index is 12.6. The van der Waals surface area contributed by atoms with Crippen LogP contribution in [0.4, 0.5) is 15.3 Å². The Morgan fingerprint density at radius 2 is 1.78 bits per heavy atom. The Morgan fingerprint density at radius 3 is 2.37 bits per heavy atom. The number of nitrogens with one attached hydrogen (secondary N) is 1. The number of amides is 2. The van der Waals surface area contributed by atoms with Gasteiger partial charge in [-0.2, -0.15) is 0 Å². The highest BCUT2D eigenvalue weighted by atomic mass is 16.6. The van der Waals surface area contributed by atoms with Crippen LogP contribution in [-0.2, 0) is 14.3 Å². The quantitative estimate of drug-likeness (QED) is 0.638. The minimum absolute atomic E-state index is 0.324. The minimum Gasteiger partial charge on any atom is -0.453 e. The average molecular weight is 378 g/mol. The number of carbonyl (C=O) groups excluding carboxylic acids is 3. The Morgan fingerprint density at radius 1 is 1.11 bits per heavy atom. The molecule has 1 aromatic carbocycles. The van der Waals surface area contributed by atoms with Crippen LogP contribution >= 0.6 is 0 Å². The summed E-state index contributed by atoms with van der Waals surface area (Å²) in [5, 5.41) is 2.51. The molecule has 2 amide bonds. The van der Waals surface area contributed by atoms with Crippen LogP contribution in [0.3, 0.4) is 0 Å². The SMILES string of the molecule is COC(=O)Nc1ccc(OC(=O)C2CCCCN2C(=O)OC(C)(C)C)cc1. The van der Waals surface area contributed by atoms with Crippen molar-refractivity contribution < 1.29 is 28.6 Å². The number of piperidine rings is 1. The smallest absolute Gasteiger partial charge is 0.411 e. The summed E-state index contributed by atoms with van der Waals surface area (Å²) in [5.41, 5.74) is -0.124. The molecule has 1 saturated heterocycles. The number of benzene rings is 1. The molecule has 1 heterocycles. The summed E-state index contributed by atoms with van der Waals surface area (Å²) < 4.78 is 15.3. The van der Waals surface area contributed by atoms with E-state index in [1.165, 1.54) is 12.0 Å². The van der Waals surface area contributed by atoms with Crippen molar-refractivity contribution in [3.8, 4) is 5.75 Å². The van der Waals surface area contributed by atoms with Crippen LogP contribution in [0.25, 0.3) is 0 Å². The van der Waals surface area contributed by atoms with Crippen LogP contribution in [0.2, 0.25) is 0 Å². The molecule has 1 aliphatic rings. The lowest BCUT2D eigenvalue weighted by atomic mass is 10.0. The number of hydrogen-bond acceptors (Lipinski definition) is 6. The van der Waals surface area contributed by atoms with Crippen molar-refractivity contribution in [3.05, 3.63) is 24.3 Å². The first-order chi connectivity index (χ1) is 12.7. The van der Waals surface area contributed by atoms with Crippen LogP contribution in [-0.4, -0.2) is 48.4 Å². The zero-order valence-corrected chi connectivity index (χ0v) is 16.1. The highest BCUT2D eigenvalue weighted by Gasteiger charge is 2.36. The third-order valence-electron chi connectivity index (χ3n) is 3.91. The molecule has 27 heavy (non-hydrogen) atoms. The molecule has 1 atom stereocenters. The molecule has 0 saturated carbocycles. The number of likely N-dealkylation sites (tertiary alicyclic amines) is 1. The number of esters is 1. The van der Waals surface area contributed by atoms with Gasteiger partial charge in [0.25, 0.3) is 0 Å². The number of nitrogens with zero attached hydrogens (tertiary/aromatic N) is 1. The van der Waals surface area contributed by atoms with Gasteiger partial charge in [-0.3, -0.25) is 10.2 Å². The Kier molecular flexibility index (Phi) is 6.65. The molecule has 8 nitrogen and oxygen atoms in total. The third kappa shape index (κ3) is 6.16. The van der Waals surface area contributed by atoms with E-state index in [-0.39, 0.29) is 0 Å². The molecular weight excluding hydrogens is 352 g/mol. The molecule has 1 unspecified atom stereocenters. The number of hydrogen-bond donors (Lipinski definition) is 1. The van der Waals surface area contributed by atoms with E-state index in [4.69, 9.17) is 9.47 Å². The van der Waals surface area contributed by atoms with Crippen LogP contribution in [0.5, 0.6) is 5.75 Å². The summed E-state index contributed by atoms with van der Waals surface area (Å²) in [6.45, 7) is 5.81. The maximum Gasteiger partial charge on any atom is 0.411 e. The summed E-state index contributed by atoms with van der Waals surface area (Å²) in [4.78, 5) is 37.6. The lowest BCUT2D eigenvalue weighted by Gasteiger charge is -2.35. The molecule has 0 aromatic heterocycles. The molecule has 2 rings (SSSR count). The summed E-state index contributed by atoms with van der Waals surface area (Å²) >= 11 is 0. The monoisotopic (exact) mass is 378 g/mol. The van der Waals surface area contributed by atoms with E-state index in [1.807, 2.05) is 0 Å². The van der Waals surface area contributed by atoms with Crippen molar-refractivity contribution in [2.45, 2.75) is 51.7 Å². The van der Waals surface area contributed by atoms with Gasteiger partial charge in [-0.15, -0.1) is 0 Å². The van der Waals surface area contributed by atoms with E-state index in [9.17, 15) is 14.4 Å². The topological polar surface area (TPSA) is 94.2 Å². The largest absolute Gasteiger partial charge is 0.453 e. The molecule has 1 aromatic rings. The van der Waals surface area contributed by atoms with Crippen molar-refractivity contribution in [2.75, 3.05) is 19.0 Å². The van der Waals surface area contributed by atoms with E-state index in [2.05, 4.69) is 10.1 Å². The van der Waals surface area contributed by atoms with Crippen LogP contribution < -0.4 is 10.1 Å². The van der Waals surface area contributed by atoms with Gasteiger partial charge in [0.2, 0.25) is 0 Å². The third-order valence-corrected chi connectivity index (χ3v) is 3.91. The van der Waals surface area contributed by atoms with E-state index >= 15 is 0 Å². The summed E-state index contributed by atoms with van der Waals surface area (Å²) in [7, 11) is 1.27. The van der Waals surface area contributed by atoms with Crippen molar-refractivity contribution in [2.24, 2.45) is 0 Å². The molecule has 0 spiro atoms.